The summed E-state index contributed by atoms with van der Waals surface area (Å²) in [4.78, 5) is 18.3. The topological polar surface area (TPSA) is 51.7 Å². The quantitative estimate of drug-likeness (QED) is 0.482. The van der Waals surface area contributed by atoms with Crippen molar-refractivity contribution in [3.05, 3.63) is 83.0 Å². The van der Waals surface area contributed by atoms with Gasteiger partial charge in [0.2, 0.25) is 0 Å². The van der Waals surface area contributed by atoms with Crippen molar-refractivity contribution < 1.29 is 27.4 Å². The third-order valence-electron chi connectivity index (χ3n) is 5.58. The van der Waals surface area contributed by atoms with Gasteiger partial charge in [-0.05, 0) is 54.4 Å². The lowest BCUT2D eigenvalue weighted by molar-refractivity contribution is -0.137. The number of likely N-dealkylation sites (tertiary alicyclic amines) is 1. The van der Waals surface area contributed by atoms with Gasteiger partial charge in [0.15, 0.2) is 0 Å². The van der Waals surface area contributed by atoms with E-state index in [0.717, 1.165) is 34.5 Å². The molecule has 172 valence electrons. The van der Waals surface area contributed by atoms with Gasteiger partial charge in [-0.15, -0.1) is 0 Å². The van der Waals surface area contributed by atoms with Crippen LogP contribution in [0.1, 0.15) is 27.0 Å². The lowest BCUT2D eigenvalue weighted by atomic mass is 10.0. The number of aryl methyl sites for hydroxylation is 1. The number of halogens is 3. The van der Waals surface area contributed by atoms with Gasteiger partial charge < -0.3 is 9.47 Å². The second-order valence-electron chi connectivity index (χ2n) is 8.03. The first-order valence-corrected chi connectivity index (χ1v) is 10.4. The maximum Gasteiger partial charge on any atom is 0.416 e. The Morgan fingerprint density at radius 2 is 1.82 bits per heavy atom. The molecule has 1 aliphatic rings. The minimum atomic E-state index is -4.32. The van der Waals surface area contributed by atoms with Crippen LogP contribution in [0.25, 0.3) is 11.3 Å². The zero-order valence-electron chi connectivity index (χ0n) is 18.2. The van der Waals surface area contributed by atoms with E-state index in [1.54, 1.807) is 12.3 Å². The zero-order chi connectivity index (χ0) is 23.6. The lowest BCUT2D eigenvalue weighted by Gasteiger charge is -2.39. The number of nitrogens with zero attached hydrogens (tertiary/aromatic N) is 2. The van der Waals surface area contributed by atoms with E-state index in [4.69, 9.17) is 9.47 Å². The first kappa shape index (κ1) is 22.8. The third kappa shape index (κ3) is 5.34. The first-order valence-electron chi connectivity index (χ1n) is 10.4. The van der Waals surface area contributed by atoms with Crippen LogP contribution >= 0.6 is 0 Å². The summed E-state index contributed by atoms with van der Waals surface area (Å²) in [5.41, 5.74) is 3.18. The number of rotatable bonds is 6. The Bertz CT molecular complexity index is 1120. The van der Waals surface area contributed by atoms with E-state index in [1.165, 1.54) is 19.2 Å². The largest absolute Gasteiger partial charge is 0.486 e. The zero-order valence-corrected chi connectivity index (χ0v) is 18.2. The molecule has 0 spiro atoms. The Balaban J connectivity index is 1.29. The molecule has 0 N–H and O–H groups in total. The van der Waals surface area contributed by atoms with Crippen molar-refractivity contribution in [2.24, 2.45) is 0 Å². The van der Waals surface area contributed by atoms with Crippen molar-refractivity contribution in [2.75, 3.05) is 20.2 Å². The number of hydrogen-bond donors (Lipinski definition) is 0. The maximum absolute atomic E-state index is 12.7. The number of carbonyl (C=O) groups is 1. The number of ether oxygens (including phenoxy) is 2. The summed E-state index contributed by atoms with van der Waals surface area (Å²) in [5.74, 6) is 0.282. The molecule has 4 rings (SSSR count). The lowest BCUT2D eigenvalue weighted by Crippen LogP contribution is -2.53. The molecule has 0 unspecified atom stereocenters. The van der Waals surface area contributed by atoms with Crippen molar-refractivity contribution in [3.63, 3.8) is 0 Å². The number of alkyl halides is 3. The van der Waals surface area contributed by atoms with Gasteiger partial charge in [-0.1, -0.05) is 18.2 Å². The molecule has 0 atom stereocenters. The SMILES string of the molecule is COC(=O)c1ccc(-c2ccc(OC3CN(Cc4ccc(C(F)(F)F)cc4)C3)cn2)cc1C. The molecular formula is C25H23F3N2O3. The van der Waals surface area contributed by atoms with Crippen molar-refractivity contribution in [3.8, 4) is 17.0 Å². The highest BCUT2D eigenvalue weighted by Gasteiger charge is 2.31. The summed E-state index contributed by atoms with van der Waals surface area (Å²) in [6.45, 7) is 3.81. The van der Waals surface area contributed by atoms with Gasteiger partial charge in [-0.2, -0.15) is 13.2 Å². The van der Waals surface area contributed by atoms with Gasteiger partial charge in [0.25, 0.3) is 0 Å². The molecule has 5 nitrogen and oxygen atoms in total. The van der Waals surface area contributed by atoms with Gasteiger partial charge in [0, 0.05) is 25.2 Å². The fraction of sp³-hybridized carbons (Fsp3) is 0.280. The van der Waals surface area contributed by atoms with Gasteiger partial charge in [0.05, 0.1) is 30.1 Å². The number of pyridine rings is 1. The molecule has 1 aliphatic heterocycles. The minimum absolute atomic E-state index is 0.00804. The van der Waals surface area contributed by atoms with Crippen LogP contribution < -0.4 is 4.74 Å². The molecule has 0 bridgehead atoms. The van der Waals surface area contributed by atoms with E-state index >= 15 is 0 Å². The smallest absolute Gasteiger partial charge is 0.416 e. The predicted molar refractivity (Wildman–Crippen MR) is 117 cm³/mol. The van der Waals surface area contributed by atoms with Crippen molar-refractivity contribution in [1.82, 2.24) is 9.88 Å². The predicted octanol–water partition coefficient (Wildman–Crippen LogP) is 5.13. The minimum Gasteiger partial charge on any atom is -0.486 e. The van der Waals surface area contributed by atoms with Crippen LogP contribution in [0.15, 0.2) is 60.8 Å². The van der Waals surface area contributed by atoms with Crippen LogP contribution in [0, 0.1) is 6.92 Å². The summed E-state index contributed by atoms with van der Waals surface area (Å²) >= 11 is 0. The molecule has 2 aromatic carbocycles. The normalized spacial score (nSPS) is 14.6. The van der Waals surface area contributed by atoms with Gasteiger partial charge >= 0.3 is 12.1 Å². The first-order chi connectivity index (χ1) is 15.7. The Labute approximate surface area is 189 Å². The van der Waals surface area contributed by atoms with E-state index in [0.29, 0.717) is 30.9 Å². The highest BCUT2D eigenvalue weighted by molar-refractivity contribution is 5.91. The van der Waals surface area contributed by atoms with Crippen molar-refractivity contribution in [2.45, 2.75) is 25.7 Å². The summed E-state index contributed by atoms with van der Waals surface area (Å²) in [6, 6.07) is 14.4. The summed E-state index contributed by atoms with van der Waals surface area (Å²) < 4.78 is 48.7. The van der Waals surface area contributed by atoms with E-state index in [9.17, 15) is 18.0 Å². The molecule has 1 saturated heterocycles. The van der Waals surface area contributed by atoms with Gasteiger partial charge in [-0.3, -0.25) is 9.88 Å². The Morgan fingerprint density at radius 3 is 2.39 bits per heavy atom. The van der Waals surface area contributed by atoms with Gasteiger partial charge in [-0.25, -0.2) is 4.79 Å². The standard InChI is InChI=1S/C25H23F3N2O3/c1-16-11-18(5-9-22(16)24(31)32-2)23-10-8-20(12-29-23)33-21-14-30(15-21)13-17-3-6-19(7-4-17)25(26,27)28/h3-12,21H,13-15H2,1-2H3. The number of methoxy groups -OCH3 is 1. The molecule has 0 aliphatic carbocycles. The molecule has 3 aromatic rings. The van der Waals surface area contributed by atoms with Crippen LogP contribution in [-0.4, -0.2) is 42.2 Å². The van der Waals surface area contributed by atoms with E-state index in [2.05, 4.69) is 9.88 Å². The van der Waals surface area contributed by atoms with Crippen LogP contribution in [0.3, 0.4) is 0 Å². The number of carbonyl (C=O) groups excluding carboxylic acids is 1. The van der Waals surface area contributed by atoms with Crippen molar-refractivity contribution in [1.29, 1.82) is 0 Å². The number of aromatic nitrogens is 1. The summed E-state index contributed by atoms with van der Waals surface area (Å²) in [7, 11) is 1.35. The molecule has 0 radical (unpaired) electrons. The molecule has 1 aromatic heterocycles. The molecule has 0 saturated carbocycles. The van der Waals surface area contributed by atoms with Crippen LogP contribution in [0.2, 0.25) is 0 Å². The summed E-state index contributed by atoms with van der Waals surface area (Å²) in [6.07, 6.45) is -2.64. The maximum atomic E-state index is 12.7. The van der Waals surface area contributed by atoms with Crippen LogP contribution in [0.4, 0.5) is 13.2 Å². The molecular weight excluding hydrogens is 433 g/mol. The van der Waals surface area contributed by atoms with E-state index in [1.807, 2.05) is 31.2 Å². The molecule has 8 heteroatoms. The second-order valence-corrected chi connectivity index (χ2v) is 8.03. The highest BCUT2D eigenvalue weighted by atomic mass is 19.4. The molecule has 1 fully saturated rings. The Morgan fingerprint density at radius 1 is 1.09 bits per heavy atom. The Kier molecular flexibility index (Phi) is 6.37. The van der Waals surface area contributed by atoms with Crippen LogP contribution in [-0.2, 0) is 17.5 Å². The average molecular weight is 456 g/mol. The number of benzene rings is 2. The van der Waals surface area contributed by atoms with E-state index in [-0.39, 0.29) is 12.1 Å². The van der Waals surface area contributed by atoms with E-state index < -0.39 is 11.7 Å². The average Bonchev–Trinajstić information content (AvgIpc) is 2.77. The fourth-order valence-electron chi connectivity index (χ4n) is 3.76. The van der Waals surface area contributed by atoms with Crippen LogP contribution in [0.5, 0.6) is 5.75 Å². The number of esters is 1. The third-order valence-corrected chi connectivity index (χ3v) is 5.58. The van der Waals surface area contributed by atoms with Crippen molar-refractivity contribution >= 4 is 5.97 Å². The highest BCUT2D eigenvalue weighted by Crippen LogP contribution is 2.30. The monoisotopic (exact) mass is 456 g/mol. The number of hydrogen-bond acceptors (Lipinski definition) is 5. The second kappa shape index (κ2) is 9.23. The van der Waals surface area contributed by atoms with Gasteiger partial charge in [0.1, 0.15) is 11.9 Å². The fourth-order valence-corrected chi connectivity index (χ4v) is 3.76. The summed E-state index contributed by atoms with van der Waals surface area (Å²) in [5, 5.41) is 0. The molecule has 0 amide bonds. The molecule has 33 heavy (non-hydrogen) atoms. The molecule has 2 heterocycles. The Hall–Kier alpha value is -3.39.